The number of rotatable bonds is 13. The first-order valence-electron chi connectivity index (χ1n) is 14.5. The van der Waals surface area contributed by atoms with Gasteiger partial charge in [0.2, 0.25) is 15.9 Å². The summed E-state index contributed by atoms with van der Waals surface area (Å²) in [5, 5.41) is 32.3. The number of carbonyl (C=O) groups is 3. The van der Waals surface area contributed by atoms with Crippen molar-refractivity contribution in [2.75, 3.05) is 7.05 Å². The highest BCUT2D eigenvalue weighted by Gasteiger charge is 2.39. The molecule has 45 heavy (non-hydrogen) atoms. The minimum atomic E-state index is -3.93. The van der Waals surface area contributed by atoms with Crippen LogP contribution in [0.3, 0.4) is 0 Å². The Kier molecular flexibility index (Phi) is 11.9. The fourth-order valence-corrected chi connectivity index (χ4v) is 5.80. The molecule has 3 amide bonds. The van der Waals surface area contributed by atoms with E-state index in [9.17, 15) is 33.0 Å². The SMILES string of the molecule is CN(C(=O)O)[C@@H](C(=O)N[C@@H](Cc1ccccc1)[C@H](O)C[C@H](Cc1ccccc1)NC(=O)c1ccc(S(N)(=O)=O)cc1)C(C)(C)C. The second-order valence-electron chi connectivity index (χ2n) is 12.2. The second kappa shape index (κ2) is 15.2. The van der Waals surface area contributed by atoms with Gasteiger partial charge in [0.1, 0.15) is 6.04 Å². The monoisotopic (exact) mass is 638 g/mol. The molecular formula is C33H42N4O7S. The first-order valence-corrected chi connectivity index (χ1v) is 16.1. The maximum Gasteiger partial charge on any atom is 0.407 e. The van der Waals surface area contributed by atoms with Gasteiger partial charge in [-0.05, 0) is 60.1 Å². The number of hydrogen-bond acceptors (Lipinski definition) is 6. The lowest BCUT2D eigenvalue weighted by atomic mass is 9.84. The molecule has 0 radical (unpaired) electrons. The Bertz CT molecular complexity index is 1540. The second-order valence-corrected chi connectivity index (χ2v) is 13.8. The van der Waals surface area contributed by atoms with Crippen molar-refractivity contribution in [1.29, 1.82) is 0 Å². The van der Waals surface area contributed by atoms with E-state index in [2.05, 4.69) is 10.6 Å². The van der Waals surface area contributed by atoms with Crippen molar-refractivity contribution in [2.24, 2.45) is 10.6 Å². The van der Waals surface area contributed by atoms with Crippen LogP contribution < -0.4 is 15.8 Å². The highest BCUT2D eigenvalue weighted by atomic mass is 32.2. The first-order chi connectivity index (χ1) is 21.1. The molecule has 0 heterocycles. The van der Waals surface area contributed by atoms with Crippen LogP contribution in [0.15, 0.2) is 89.8 Å². The lowest BCUT2D eigenvalue weighted by molar-refractivity contribution is -0.130. The molecule has 6 N–H and O–H groups in total. The summed E-state index contributed by atoms with van der Waals surface area (Å²) in [5.41, 5.74) is 1.20. The van der Waals surface area contributed by atoms with Gasteiger partial charge in [0, 0.05) is 18.7 Å². The summed E-state index contributed by atoms with van der Waals surface area (Å²) < 4.78 is 23.3. The van der Waals surface area contributed by atoms with E-state index in [1.807, 2.05) is 60.7 Å². The van der Waals surface area contributed by atoms with Gasteiger partial charge in [0.25, 0.3) is 5.91 Å². The number of likely N-dealkylation sites (N-methyl/N-ethyl adjacent to an activating group) is 1. The average molecular weight is 639 g/mol. The maximum atomic E-state index is 13.6. The third-order valence-electron chi connectivity index (χ3n) is 7.48. The lowest BCUT2D eigenvalue weighted by Crippen LogP contribution is -2.58. The molecule has 0 bridgehead atoms. The van der Waals surface area contributed by atoms with Gasteiger partial charge < -0.3 is 20.8 Å². The molecular weight excluding hydrogens is 596 g/mol. The number of nitrogens with zero attached hydrogens (tertiary/aromatic N) is 1. The van der Waals surface area contributed by atoms with Gasteiger partial charge in [-0.2, -0.15) is 0 Å². The van der Waals surface area contributed by atoms with Crippen LogP contribution in [0.1, 0.15) is 48.7 Å². The Morgan fingerprint density at radius 3 is 1.82 bits per heavy atom. The Hall–Kier alpha value is -4.26. The van der Waals surface area contributed by atoms with Crippen molar-refractivity contribution in [3.05, 3.63) is 102 Å². The fraction of sp³-hybridized carbons (Fsp3) is 0.364. The van der Waals surface area contributed by atoms with Gasteiger partial charge in [-0.3, -0.25) is 14.5 Å². The van der Waals surface area contributed by atoms with Gasteiger partial charge in [-0.15, -0.1) is 0 Å². The summed E-state index contributed by atoms with van der Waals surface area (Å²) in [6, 6.07) is 21.4. The number of amides is 3. The number of carboxylic acid groups (broad SMARTS) is 1. The van der Waals surface area contributed by atoms with E-state index in [1.54, 1.807) is 20.8 Å². The lowest BCUT2D eigenvalue weighted by Gasteiger charge is -2.37. The molecule has 3 rings (SSSR count). The Balaban J connectivity index is 1.90. The summed E-state index contributed by atoms with van der Waals surface area (Å²) in [4.78, 5) is 39.6. The van der Waals surface area contributed by atoms with Crippen LogP contribution in [-0.4, -0.2) is 72.7 Å². The standard InChI is InChI=1S/C33H42N4O7S/c1-33(2,3)29(37(4)32(41)42)31(40)36-27(20-23-13-9-6-10-14-23)28(38)21-25(19-22-11-7-5-8-12-22)35-30(39)24-15-17-26(18-16-24)45(34,43)44/h5-18,25,27-29,38H,19-21H2,1-4H3,(H,35,39)(H,36,40)(H,41,42)(H2,34,43,44)/t25-,27-,28+,29-/m0/s1. The molecule has 12 heteroatoms. The number of primary sulfonamides is 1. The maximum absolute atomic E-state index is 13.6. The van der Waals surface area contributed by atoms with E-state index < -0.39 is 57.6 Å². The number of aliphatic hydroxyl groups is 1. The van der Waals surface area contributed by atoms with Crippen LogP contribution in [0.4, 0.5) is 4.79 Å². The van der Waals surface area contributed by atoms with Crippen molar-refractivity contribution in [2.45, 2.75) is 69.2 Å². The van der Waals surface area contributed by atoms with E-state index in [1.165, 1.54) is 31.3 Å². The van der Waals surface area contributed by atoms with E-state index in [4.69, 9.17) is 5.14 Å². The fourth-order valence-electron chi connectivity index (χ4n) is 5.29. The molecule has 11 nitrogen and oxygen atoms in total. The van der Waals surface area contributed by atoms with Crippen molar-refractivity contribution in [3.8, 4) is 0 Å². The number of nitrogens with one attached hydrogen (secondary N) is 2. The molecule has 3 aromatic carbocycles. The highest BCUT2D eigenvalue weighted by molar-refractivity contribution is 7.89. The molecule has 0 aromatic heterocycles. The third-order valence-corrected chi connectivity index (χ3v) is 8.41. The molecule has 0 saturated carbocycles. The van der Waals surface area contributed by atoms with Crippen LogP contribution >= 0.6 is 0 Å². The normalized spacial score (nSPS) is 14.4. The Morgan fingerprint density at radius 1 is 0.844 bits per heavy atom. The molecule has 4 atom stereocenters. The summed E-state index contributed by atoms with van der Waals surface area (Å²) in [5.74, 6) is -1.03. The number of aliphatic hydroxyl groups excluding tert-OH is 1. The molecule has 0 aliphatic carbocycles. The molecule has 0 fully saturated rings. The average Bonchev–Trinajstić information content (AvgIpc) is 2.96. The minimum Gasteiger partial charge on any atom is -0.465 e. The Labute approximate surface area is 264 Å². The van der Waals surface area contributed by atoms with Gasteiger partial charge in [0.15, 0.2) is 0 Å². The van der Waals surface area contributed by atoms with Crippen LogP contribution in [0.25, 0.3) is 0 Å². The number of benzene rings is 3. The van der Waals surface area contributed by atoms with Crippen LogP contribution in [0.5, 0.6) is 0 Å². The van der Waals surface area contributed by atoms with Gasteiger partial charge in [0.05, 0.1) is 17.0 Å². The van der Waals surface area contributed by atoms with E-state index in [-0.39, 0.29) is 23.3 Å². The van der Waals surface area contributed by atoms with Crippen LogP contribution in [0.2, 0.25) is 0 Å². The zero-order chi connectivity index (χ0) is 33.4. The third kappa shape index (κ3) is 10.4. The molecule has 0 spiro atoms. The molecule has 242 valence electrons. The van der Waals surface area contributed by atoms with Crippen LogP contribution in [0, 0.1) is 5.41 Å². The number of nitrogens with two attached hydrogens (primary N) is 1. The summed E-state index contributed by atoms with van der Waals surface area (Å²) >= 11 is 0. The van der Waals surface area contributed by atoms with Crippen molar-refractivity contribution >= 4 is 27.9 Å². The van der Waals surface area contributed by atoms with Crippen molar-refractivity contribution in [3.63, 3.8) is 0 Å². The molecule has 0 saturated heterocycles. The Morgan fingerprint density at radius 2 is 1.36 bits per heavy atom. The summed E-state index contributed by atoms with van der Waals surface area (Å²) in [7, 11) is -2.60. The number of hydrogen-bond donors (Lipinski definition) is 5. The zero-order valence-electron chi connectivity index (χ0n) is 25.9. The van der Waals surface area contributed by atoms with E-state index >= 15 is 0 Å². The van der Waals surface area contributed by atoms with E-state index in [0.29, 0.717) is 6.42 Å². The largest absolute Gasteiger partial charge is 0.465 e. The molecule has 0 aliphatic rings. The summed E-state index contributed by atoms with van der Waals surface area (Å²) in [6.45, 7) is 5.29. The first kappa shape index (κ1) is 35.2. The van der Waals surface area contributed by atoms with E-state index in [0.717, 1.165) is 16.0 Å². The van der Waals surface area contributed by atoms with Gasteiger partial charge >= 0.3 is 6.09 Å². The molecule has 0 unspecified atom stereocenters. The summed E-state index contributed by atoms with van der Waals surface area (Å²) in [6.07, 6.45) is -1.75. The highest BCUT2D eigenvalue weighted by Crippen LogP contribution is 2.25. The zero-order valence-corrected chi connectivity index (χ0v) is 26.7. The predicted molar refractivity (Wildman–Crippen MR) is 171 cm³/mol. The van der Waals surface area contributed by atoms with Crippen LogP contribution in [-0.2, 0) is 27.7 Å². The van der Waals surface area contributed by atoms with Gasteiger partial charge in [-0.1, -0.05) is 81.4 Å². The van der Waals surface area contributed by atoms with Crippen molar-refractivity contribution in [1.82, 2.24) is 15.5 Å². The number of sulfonamides is 1. The van der Waals surface area contributed by atoms with Gasteiger partial charge in [-0.25, -0.2) is 18.4 Å². The quantitative estimate of drug-likeness (QED) is 0.191. The smallest absolute Gasteiger partial charge is 0.407 e. The van der Waals surface area contributed by atoms with Crippen molar-refractivity contribution < 1.29 is 33.0 Å². The topological polar surface area (TPSA) is 179 Å². The number of carbonyl (C=O) groups excluding carboxylic acids is 2. The minimum absolute atomic E-state index is 0.0443. The predicted octanol–water partition coefficient (Wildman–Crippen LogP) is 3.18. The molecule has 0 aliphatic heterocycles. The molecule has 3 aromatic rings.